The standard InChI is InChI=1S/C35H38ClN3O5S/c1-4-20-37-35(41)32(22-27-13-7-5-8-14-27)38(24-28-15-11-12-26(2)21-28)34(40)25-39(29-18-19-33(44-3)31(36)23-29)45(42,43)30-16-9-6-10-17-30/h5-19,21,23,32H,4,20,22,24-25H2,1-3H3,(H,37,41)/t32-/m0/s1. The van der Waals surface area contributed by atoms with E-state index in [1.165, 1.54) is 30.2 Å². The van der Waals surface area contributed by atoms with Crippen LogP contribution in [-0.2, 0) is 32.6 Å². The Bertz CT molecular complexity index is 1700. The summed E-state index contributed by atoms with van der Waals surface area (Å²) in [5.41, 5.74) is 2.86. The van der Waals surface area contributed by atoms with E-state index in [-0.39, 0.29) is 34.5 Å². The van der Waals surface area contributed by atoms with Crippen molar-refractivity contribution in [3.05, 3.63) is 125 Å². The Hall–Kier alpha value is -4.34. The molecule has 4 aromatic rings. The number of amides is 2. The third-order valence-electron chi connectivity index (χ3n) is 7.29. The van der Waals surface area contributed by atoms with Crippen LogP contribution in [-0.4, -0.2) is 51.4 Å². The van der Waals surface area contributed by atoms with Crippen LogP contribution in [0, 0.1) is 6.92 Å². The molecule has 236 valence electrons. The summed E-state index contributed by atoms with van der Waals surface area (Å²) in [6, 6.07) is 28.7. The number of anilines is 1. The molecule has 0 aromatic heterocycles. The minimum absolute atomic E-state index is 0.0106. The zero-order valence-electron chi connectivity index (χ0n) is 25.6. The van der Waals surface area contributed by atoms with Gasteiger partial charge in [-0.05, 0) is 54.8 Å². The molecule has 2 amide bonds. The molecule has 0 spiro atoms. The maximum absolute atomic E-state index is 14.5. The SMILES string of the molecule is CCCNC(=O)[C@H](Cc1ccccc1)N(Cc1cccc(C)c1)C(=O)CN(c1ccc(OC)c(Cl)c1)S(=O)(=O)c1ccccc1. The second-order valence-corrected chi connectivity index (χ2v) is 12.9. The summed E-state index contributed by atoms with van der Waals surface area (Å²) in [6.45, 7) is 3.87. The van der Waals surface area contributed by atoms with Gasteiger partial charge < -0.3 is 15.0 Å². The third-order valence-corrected chi connectivity index (χ3v) is 9.37. The zero-order chi connectivity index (χ0) is 32.4. The lowest BCUT2D eigenvalue weighted by Gasteiger charge is -2.34. The molecule has 0 aliphatic heterocycles. The molecule has 0 unspecified atom stereocenters. The van der Waals surface area contributed by atoms with Crippen molar-refractivity contribution in [2.45, 2.75) is 44.2 Å². The Morgan fingerprint density at radius 1 is 0.889 bits per heavy atom. The number of methoxy groups -OCH3 is 1. The fraction of sp³-hybridized carbons (Fsp3) is 0.257. The monoisotopic (exact) mass is 647 g/mol. The number of aryl methyl sites for hydroxylation is 1. The number of carbonyl (C=O) groups excluding carboxylic acids is 2. The Morgan fingerprint density at radius 3 is 2.18 bits per heavy atom. The number of nitrogens with one attached hydrogen (secondary N) is 1. The van der Waals surface area contributed by atoms with Gasteiger partial charge in [0.1, 0.15) is 18.3 Å². The number of hydrogen-bond donors (Lipinski definition) is 1. The maximum Gasteiger partial charge on any atom is 0.264 e. The molecule has 0 bridgehead atoms. The van der Waals surface area contributed by atoms with Gasteiger partial charge in [-0.1, -0.05) is 96.9 Å². The molecule has 0 saturated heterocycles. The molecule has 0 heterocycles. The number of carbonyl (C=O) groups is 2. The first-order chi connectivity index (χ1) is 21.6. The van der Waals surface area contributed by atoms with Crippen LogP contribution in [0.15, 0.2) is 108 Å². The normalized spacial score (nSPS) is 11.8. The van der Waals surface area contributed by atoms with Gasteiger partial charge in [-0.15, -0.1) is 0 Å². The zero-order valence-corrected chi connectivity index (χ0v) is 27.2. The summed E-state index contributed by atoms with van der Waals surface area (Å²) in [5.74, 6) is -0.498. The smallest absolute Gasteiger partial charge is 0.264 e. The number of hydrogen-bond acceptors (Lipinski definition) is 5. The van der Waals surface area contributed by atoms with Gasteiger partial charge >= 0.3 is 0 Å². The minimum atomic E-state index is -4.23. The lowest BCUT2D eigenvalue weighted by Crippen LogP contribution is -2.53. The Balaban J connectivity index is 1.81. The second kappa shape index (κ2) is 15.6. The molecule has 0 fully saturated rings. The molecule has 1 atom stereocenters. The van der Waals surface area contributed by atoms with Gasteiger partial charge in [0.05, 0.1) is 22.7 Å². The lowest BCUT2D eigenvalue weighted by atomic mass is 10.0. The number of benzene rings is 4. The lowest BCUT2D eigenvalue weighted by molar-refractivity contribution is -0.140. The highest BCUT2D eigenvalue weighted by atomic mass is 35.5. The van der Waals surface area contributed by atoms with E-state index in [9.17, 15) is 18.0 Å². The number of nitrogens with zero attached hydrogens (tertiary/aromatic N) is 2. The Morgan fingerprint density at radius 2 is 1.56 bits per heavy atom. The van der Waals surface area contributed by atoms with Gasteiger partial charge in [-0.25, -0.2) is 8.42 Å². The average Bonchev–Trinajstić information content (AvgIpc) is 3.04. The quantitative estimate of drug-likeness (QED) is 0.181. The molecule has 4 rings (SSSR count). The van der Waals surface area contributed by atoms with Gasteiger partial charge in [0.25, 0.3) is 10.0 Å². The fourth-order valence-corrected chi connectivity index (χ4v) is 6.67. The summed E-state index contributed by atoms with van der Waals surface area (Å²) in [6.07, 6.45) is 0.963. The molecule has 0 aliphatic carbocycles. The summed E-state index contributed by atoms with van der Waals surface area (Å²) in [5, 5.41) is 3.14. The third kappa shape index (κ3) is 8.65. The van der Waals surface area contributed by atoms with Gasteiger partial charge in [-0.3, -0.25) is 13.9 Å². The number of halogens is 1. The predicted molar refractivity (Wildman–Crippen MR) is 178 cm³/mol. The maximum atomic E-state index is 14.5. The number of sulfonamides is 1. The van der Waals surface area contributed by atoms with Crippen LogP contribution >= 0.6 is 11.6 Å². The van der Waals surface area contributed by atoms with Crippen molar-refractivity contribution >= 4 is 39.1 Å². The van der Waals surface area contributed by atoms with Crippen LogP contribution in [0.3, 0.4) is 0 Å². The molecule has 45 heavy (non-hydrogen) atoms. The highest BCUT2D eigenvalue weighted by Crippen LogP contribution is 2.32. The van der Waals surface area contributed by atoms with Gasteiger partial charge in [0.15, 0.2) is 0 Å². The van der Waals surface area contributed by atoms with Crippen LogP contribution in [0.25, 0.3) is 0 Å². The van der Waals surface area contributed by atoms with Crippen LogP contribution in [0.5, 0.6) is 5.75 Å². The van der Waals surface area contributed by atoms with E-state index in [1.54, 1.807) is 30.3 Å². The molecule has 0 aliphatic rings. The van der Waals surface area contributed by atoms with Crippen molar-refractivity contribution < 1.29 is 22.7 Å². The highest BCUT2D eigenvalue weighted by Gasteiger charge is 2.34. The minimum Gasteiger partial charge on any atom is -0.495 e. The van der Waals surface area contributed by atoms with Crippen LogP contribution in [0.4, 0.5) is 5.69 Å². The van der Waals surface area contributed by atoms with E-state index in [0.717, 1.165) is 27.4 Å². The van der Waals surface area contributed by atoms with Gasteiger partial charge in [0.2, 0.25) is 11.8 Å². The van der Waals surface area contributed by atoms with Crippen molar-refractivity contribution in [3.63, 3.8) is 0 Å². The van der Waals surface area contributed by atoms with E-state index in [2.05, 4.69) is 5.32 Å². The fourth-order valence-electron chi connectivity index (χ4n) is 4.99. The van der Waals surface area contributed by atoms with E-state index in [4.69, 9.17) is 16.3 Å². The largest absolute Gasteiger partial charge is 0.495 e. The summed E-state index contributed by atoms with van der Waals surface area (Å²) in [7, 11) is -2.77. The first-order valence-corrected chi connectivity index (χ1v) is 16.5. The van der Waals surface area contributed by atoms with Crippen molar-refractivity contribution in [2.24, 2.45) is 0 Å². The van der Waals surface area contributed by atoms with E-state index in [1.807, 2.05) is 68.4 Å². The van der Waals surface area contributed by atoms with Crippen LogP contribution in [0.1, 0.15) is 30.0 Å². The number of rotatable bonds is 14. The summed E-state index contributed by atoms with van der Waals surface area (Å²) >= 11 is 6.43. The van der Waals surface area contributed by atoms with E-state index < -0.39 is 28.5 Å². The highest BCUT2D eigenvalue weighted by molar-refractivity contribution is 7.92. The van der Waals surface area contributed by atoms with Crippen LogP contribution < -0.4 is 14.4 Å². The summed E-state index contributed by atoms with van der Waals surface area (Å²) < 4.78 is 34.5. The molecule has 0 radical (unpaired) electrons. The molecule has 0 saturated carbocycles. The first-order valence-electron chi connectivity index (χ1n) is 14.7. The van der Waals surface area contributed by atoms with Gasteiger partial charge in [0, 0.05) is 19.5 Å². The molecular weight excluding hydrogens is 610 g/mol. The Kier molecular flexibility index (Phi) is 11.6. The van der Waals surface area contributed by atoms with Crippen LogP contribution in [0.2, 0.25) is 5.02 Å². The van der Waals surface area contributed by atoms with E-state index >= 15 is 0 Å². The van der Waals surface area contributed by atoms with Crippen molar-refractivity contribution in [2.75, 3.05) is 24.5 Å². The summed E-state index contributed by atoms with van der Waals surface area (Å²) in [4.78, 5) is 29.7. The molecule has 10 heteroatoms. The van der Waals surface area contributed by atoms with E-state index in [0.29, 0.717) is 12.3 Å². The molecule has 4 aromatic carbocycles. The van der Waals surface area contributed by atoms with Crippen molar-refractivity contribution in [1.82, 2.24) is 10.2 Å². The topological polar surface area (TPSA) is 96.0 Å². The molecular formula is C35H38ClN3O5S. The second-order valence-electron chi connectivity index (χ2n) is 10.7. The first kappa shape index (κ1) is 33.6. The average molecular weight is 648 g/mol. The molecule has 8 nitrogen and oxygen atoms in total. The van der Waals surface area contributed by atoms with Crippen molar-refractivity contribution in [3.8, 4) is 5.75 Å². The van der Waals surface area contributed by atoms with Gasteiger partial charge in [-0.2, -0.15) is 0 Å². The number of ether oxygens (including phenoxy) is 1. The Labute approximate surface area is 270 Å². The predicted octanol–water partition coefficient (Wildman–Crippen LogP) is 6.02. The molecule has 1 N–H and O–H groups in total. The van der Waals surface area contributed by atoms with Crippen molar-refractivity contribution in [1.29, 1.82) is 0 Å².